The van der Waals surface area contributed by atoms with Gasteiger partial charge in [-0.2, -0.15) is 0 Å². The van der Waals surface area contributed by atoms with E-state index in [2.05, 4.69) is 11.4 Å². The second kappa shape index (κ2) is 5.40. The van der Waals surface area contributed by atoms with E-state index >= 15 is 0 Å². The molecule has 1 aromatic heterocycles. The maximum absolute atomic E-state index is 5.79. The number of fused-ring (bicyclic) bond motifs is 3. The van der Waals surface area contributed by atoms with Gasteiger partial charge in [0.15, 0.2) is 0 Å². The summed E-state index contributed by atoms with van der Waals surface area (Å²) in [7, 11) is 1.67. The first-order valence-electron chi connectivity index (χ1n) is 5.17. The lowest BCUT2D eigenvalue weighted by Crippen LogP contribution is -2.22. The van der Waals surface area contributed by atoms with Gasteiger partial charge in [-0.15, -0.1) is 12.4 Å². The van der Waals surface area contributed by atoms with E-state index < -0.39 is 0 Å². The van der Waals surface area contributed by atoms with Crippen LogP contribution in [0.4, 0.5) is 0 Å². The topological polar surface area (TPSA) is 65.9 Å². The summed E-state index contributed by atoms with van der Waals surface area (Å²) in [5, 5.41) is 4.53. The van der Waals surface area contributed by atoms with E-state index in [1.54, 1.807) is 7.11 Å². The summed E-state index contributed by atoms with van der Waals surface area (Å²) in [6, 6.07) is 6.02. The van der Waals surface area contributed by atoms with Crippen LogP contribution in [0.15, 0.2) is 22.6 Å². The minimum atomic E-state index is 0. The minimum absolute atomic E-state index is 0. The van der Waals surface area contributed by atoms with Crippen molar-refractivity contribution in [2.24, 2.45) is 0 Å². The molecule has 94 valence electrons. The van der Waals surface area contributed by atoms with Gasteiger partial charge in [0, 0.05) is 17.0 Å². The summed E-state index contributed by atoms with van der Waals surface area (Å²) < 4.78 is 11.0. The smallest absolute Gasteiger partial charge is 0.138 e. The Hall–Kier alpha value is -1.23. The highest BCUT2D eigenvalue weighted by atomic mass is 35.5. The summed E-state index contributed by atoms with van der Waals surface area (Å²) in [5.74, 6) is 1.92. The van der Waals surface area contributed by atoms with E-state index in [4.69, 9.17) is 9.15 Å². The number of furan rings is 1. The van der Waals surface area contributed by atoms with Crippen molar-refractivity contribution in [1.82, 2.24) is 5.32 Å². The van der Waals surface area contributed by atoms with Crippen molar-refractivity contribution in [2.75, 3.05) is 13.7 Å². The van der Waals surface area contributed by atoms with Crippen molar-refractivity contribution < 1.29 is 14.6 Å². The predicted octanol–water partition coefficient (Wildman–Crippen LogP) is 1.68. The SMILES string of the molecule is COc1ccc2c3c(oc2c1)CNCC3.Cl.O. The first kappa shape index (κ1) is 13.8. The maximum Gasteiger partial charge on any atom is 0.138 e. The molecular weight excluding hydrogens is 242 g/mol. The summed E-state index contributed by atoms with van der Waals surface area (Å²) in [6.45, 7) is 1.87. The van der Waals surface area contributed by atoms with E-state index in [9.17, 15) is 0 Å². The standard InChI is InChI=1S/C12H13NO2.ClH.H2O/c1-14-8-2-3-9-10-4-5-13-7-12(10)15-11(9)6-8;;/h2-3,6,13H,4-5,7H2,1H3;1H;1H2. The Morgan fingerprint density at radius 1 is 1.35 bits per heavy atom. The van der Waals surface area contributed by atoms with E-state index in [0.717, 1.165) is 36.6 Å². The van der Waals surface area contributed by atoms with Crippen molar-refractivity contribution in [3.8, 4) is 5.75 Å². The van der Waals surface area contributed by atoms with Crippen molar-refractivity contribution in [1.29, 1.82) is 0 Å². The molecule has 0 spiro atoms. The Kier molecular flexibility index (Phi) is 4.40. The fourth-order valence-corrected chi connectivity index (χ4v) is 2.14. The summed E-state index contributed by atoms with van der Waals surface area (Å²) in [6.07, 6.45) is 1.05. The Morgan fingerprint density at radius 3 is 2.94 bits per heavy atom. The van der Waals surface area contributed by atoms with Crippen LogP contribution < -0.4 is 10.1 Å². The van der Waals surface area contributed by atoms with Crippen molar-refractivity contribution in [2.45, 2.75) is 13.0 Å². The molecule has 0 saturated carbocycles. The van der Waals surface area contributed by atoms with Crippen LogP contribution >= 0.6 is 12.4 Å². The fraction of sp³-hybridized carbons (Fsp3) is 0.333. The molecule has 0 amide bonds. The first-order chi connectivity index (χ1) is 7.38. The number of rotatable bonds is 1. The third-order valence-electron chi connectivity index (χ3n) is 2.92. The van der Waals surface area contributed by atoms with Crippen molar-refractivity contribution >= 4 is 23.4 Å². The highest BCUT2D eigenvalue weighted by Gasteiger charge is 2.17. The molecule has 2 aromatic rings. The zero-order valence-corrected chi connectivity index (χ0v) is 10.4. The maximum atomic E-state index is 5.79. The normalized spacial score (nSPS) is 13.5. The lowest BCUT2D eigenvalue weighted by molar-refractivity contribution is 0.414. The van der Waals surface area contributed by atoms with E-state index in [1.807, 2.05) is 12.1 Å². The Morgan fingerprint density at radius 2 is 2.18 bits per heavy atom. The van der Waals surface area contributed by atoms with Gasteiger partial charge in [-0.25, -0.2) is 0 Å². The molecule has 1 aliphatic rings. The lowest BCUT2D eigenvalue weighted by atomic mass is 10.0. The molecule has 5 heteroatoms. The molecule has 3 N–H and O–H groups in total. The number of hydrogen-bond acceptors (Lipinski definition) is 3. The molecule has 1 aliphatic heterocycles. The highest BCUT2D eigenvalue weighted by Crippen LogP contribution is 2.30. The first-order valence-corrected chi connectivity index (χ1v) is 5.17. The van der Waals surface area contributed by atoms with Gasteiger partial charge in [-0.05, 0) is 25.1 Å². The van der Waals surface area contributed by atoms with Crippen LogP contribution in [-0.2, 0) is 13.0 Å². The van der Waals surface area contributed by atoms with Crippen LogP contribution in [0.5, 0.6) is 5.75 Å². The molecular formula is C12H16ClNO3. The number of methoxy groups -OCH3 is 1. The molecule has 0 aliphatic carbocycles. The van der Waals surface area contributed by atoms with Crippen LogP contribution in [0.1, 0.15) is 11.3 Å². The molecule has 0 bridgehead atoms. The molecule has 0 fully saturated rings. The quantitative estimate of drug-likeness (QED) is 0.845. The zero-order chi connectivity index (χ0) is 10.3. The van der Waals surface area contributed by atoms with Gasteiger partial charge in [0.05, 0.1) is 13.7 Å². The number of benzene rings is 1. The average Bonchev–Trinajstić information content (AvgIpc) is 2.66. The third kappa shape index (κ3) is 2.24. The average molecular weight is 258 g/mol. The number of nitrogens with one attached hydrogen (secondary N) is 1. The highest BCUT2D eigenvalue weighted by molar-refractivity contribution is 5.85. The van der Waals surface area contributed by atoms with E-state index in [0.29, 0.717) is 0 Å². The zero-order valence-electron chi connectivity index (χ0n) is 9.58. The van der Waals surface area contributed by atoms with Gasteiger partial charge >= 0.3 is 0 Å². The molecule has 0 saturated heterocycles. The molecule has 1 aromatic carbocycles. The van der Waals surface area contributed by atoms with Crippen LogP contribution in [0.3, 0.4) is 0 Å². The largest absolute Gasteiger partial charge is 0.497 e. The fourth-order valence-electron chi connectivity index (χ4n) is 2.14. The van der Waals surface area contributed by atoms with Crippen LogP contribution in [0.2, 0.25) is 0 Å². The van der Waals surface area contributed by atoms with Gasteiger partial charge in [0.2, 0.25) is 0 Å². The van der Waals surface area contributed by atoms with Gasteiger partial charge in [-0.3, -0.25) is 0 Å². The summed E-state index contributed by atoms with van der Waals surface area (Å²) >= 11 is 0. The monoisotopic (exact) mass is 257 g/mol. The molecule has 0 radical (unpaired) electrons. The van der Waals surface area contributed by atoms with Crippen molar-refractivity contribution in [3.63, 3.8) is 0 Å². The molecule has 3 rings (SSSR count). The summed E-state index contributed by atoms with van der Waals surface area (Å²) in [5.41, 5.74) is 2.29. The Bertz CT molecular complexity index is 510. The van der Waals surface area contributed by atoms with Gasteiger partial charge < -0.3 is 19.9 Å². The van der Waals surface area contributed by atoms with E-state index in [1.165, 1.54) is 10.9 Å². The molecule has 17 heavy (non-hydrogen) atoms. The predicted molar refractivity (Wildman–Crippen MR) is 69.0 cm³/mol. The second-order valence-corrected chi connectivity index (χ2v) is 3.79. The Labute approximate surface area is 106 Å². The molecule has 0 unspecified atom stereocenters. The second-order valence-electron chi connectivity index (χ2n) is 3.79. The minimum Gasteiger partial charge on any atom is -0.497 e. The Balaban J connectivity index is 0.000000722. The van der Waals surface area contributed by atoms with Crippen LogP contribution in [-0.4, -0.2) is 19.1 Å². The number of ether oxygens (including phenoxy) is 1. The van der Waals surface area contributed by atoms with Crippen molar-refractivity contribution in [3.05, 3.63) is 29.5 Å². The van der Waals surface area contributed by atoms with Crippen LogP contribution in [0.25, 0.3) is 11.0 Å². The molecule has 2 heterocycles. The van der Waals surface area contributed by atoms with Gasteiger partial charge in [0.1, 0.15) is 17.1 Å². The van der Waals surface area contributed by atoms with Crippen LogP contribution in [0, 0.1) is 0 Å². The van der Waals surface area contributed by atoms with Gasteiger partial charge in [0.25, 0.3) is 0 Å². The number of halogens is 1. The lowest BCUT2D eigenvalue weighted by Gasteiger charge is -2.10. The molecule has 4 nitrogen and oxygen atoms in total. The summed E-state index contributed by atoms with van der Waals surface area (Å²) in [4.78, 5) is 0. The van der Waals surface area contributed by atoms with Gasteiger partial charge in [-0.1, -0.05) is 0 Å². The number of hydrogen-bond donors (Lipinski definition) is 1. The van der Waals surface area contributed by atoms with E-state index in [-0.39, 0.29) is 17.9 Å². The third-order valence-corrected chi connectivity index (χ3v) is 2.92. The molecule has 0 atom stereocenters.